The lowest BCUT2D eigenvalue weighted by molar-refractivity contribution is -0.141. The van der Waals surface area contributed by atoms with Crippen molar-refractivity contribution >= 4 is 28.6 Å². The van der Waals surface area contributed by atoms with Gasteiger partial charge in [0, 0.05) is 5.71 Å². The minimum atomic E-state index is -0.381. The zero-order chi connectivity index (χ0) is 19.2. The van der Waals surface area contributed by atoms with Gasteiger partial charge in [-0.2, -0.15) is 5.10 Å². The fourth-order valence-electron chi connectivity index (χ4n) is 2.63. The number of amides is 1. The van der Waals surface area contributed by atoms with Crippen LogP contribution in [0.25, 0.3) is 22.6 Å². The third-order valence-electron chi connectivity index (χ3n) is 3.77. The zero-order valence-corrected chi connectivity index (χ0v) is 15.1. The van der Waals surface area contributed by atoms with Gasteiger partial charge in [-0.05, 0) is 38.1 Å². The fraction of sp³-hybridized carbons (Fsp3) is 0.263. The number of furan rings is 1. The van der Waals surface area contributed by atoms with Gasteiger partial charge in [0.05, 0.1) is 30.3 Å². The Labute approximate surface area is 155 Å². The van der Waals surface area contributed by atoms with E-state index in [-0.39, 0.29) is 24.8 Å². The van der Waals surface area contributed by atoms with Crippen molar-refractivity contribution in [2.75, 3.05) is 6.61 Å². The number of para-hydroxylation sites is 2. The Balaban J connectivity index is 1.77. The smallest absolute Gasteiger partial charge is 0.311 e. The number of nitrogens with zero attached hydrogens (tertiary/aromatic N) is 3. The predicted molar refractivity (Wildman–Crippen MR) is 99.9 cm³/mol. The summed E-state index contributed by atoms with van der Waals surface area (Å²) >= 11 is 0. The number of ether oxygens (including phenoxy) is 1. The van der Waals surface area contributed by atoms with E-state index in [9.17, 15) is 9.59 Å². The maximum Gasteiger partial charge on any atom is 0.311 e. The molecular formula is C19H20N4O4. The quantitative estimate of drug-likeness (QED) is 0.393. The van der Waals surface area contributed by atoms with E-state index in [1.807, 2.05) is 24.3 Å². The third-order valence-corrected chi connectivity index (χ3v) is 3.77. The van der Waals surface area contributed by atoms with E-state index in [1.54, 1.807) is 36.8 Å². The average Bonchev–Trinajstić information content (AvgIpc) is 3.28. The molecule has 2 aromatic heterocycles. The van der Waals surface area contributed by atoms with E-state index < -0.39 is 0 Å². The fourth-order valence-corrected chi connectivity index (χ4v) is 2.63. The highest BCUT2D eigenvalue weighted by atomic mass is 16.5. The van der Waals surface area contributed by atoms with Crippen molar-refractivity contribution in [2.45, 2.75) is 26.8 Å². The molecule has 0 saturated carbocycles. The summed E-state index contributed by atoms with van der Waals surface area (Å²) in [5.74, 6) is 0.410. The molecule has 0 atom stereocenters. The number of imidazole rings is 1. The number of hydrazone groups is 1. The number of fused-ring (bicyclic) bond motifs is 1. The maximum atomic E-state index is 12.4. The summed E-state index contributed by atoms with van der Waals surface area (Å²) in [4.78, 5) is 28.4. The standard InChI is InChI=1S/C19H20N4O4/c1-3-26-18(25)11-13(2)21-22-17(24)12-23-15-8-5-4-7-14(15)20-19(23)16-9-6-10-27-16/h4-10H,3,11-12H2,1-2H3,(H,22,24)/b21-13+. The highest BCUT2D eigenvalue weighted by molar-refractivity contribution is 5.98. The molecule has 3 aromatic rings. The molecule has 2 heterocycles. The van der Waals surface area contributed by atoms with E-state index in [1.165, 1.54) is 0 Å². The lowest BCUT2D eigenvalue weighted by atomic mass is 10.3. The van der Waals surface area contributed by atoms with Crippen molar-refractivity contribution in [3.05, 3.63) is 42.7 Å². The van der Waals surface area contributed by atoms with Crippen molar-refractivity contribution in [2.24, 2.45) is 5.10 Å². The summed E-state index contributed by atoms with van der Waals surface area (Å²) in [5.41, 5.74) is 4.50. The SMILES string of the molecule is CCOC(=O)C/C(C)=N/NC(=O)Cn1c(-c2ccco2)nc2ccccc21. The number of aromatic nitrogens is 2. The first-order chi connectivity index (χ1) is 13.1. The summed E-state index contributed by atoms with van der Waals surface area (Å²) in [7, 11) is 0. The summed E-state index contributed by atoms with van der Waals surface area (Å²) in [6.07, 6.45) is 1.59. The summed E-state index contributed by atoms with van der Waals surface area (Å²) in [6, 6.07) is 11.1. The van der Waals surface area contributed by atoms with Crippen molar-refractivity contribution in [3.63, 3.8) is 0 Å². The van der Waals surface area contributed by atoms with Crippen LogP contribution in [0.5, 0.6) is 0 Å². The number of rotatable bonds is 7. The molecule has 27 heavy (non-hydrogen) atoms. The molecule has 3 rings (SSSR count). The monoisotopic (exact) mass is 368 g/mol. The Hall–Kier alpha value is -3.42. The van der Waals surface area contributed by atoms with Crippen LogP contribution >= 0.6 is 0 Å². The van der Waals surface area contributed by atoms with E-state index >= 15 is 0 Å². The summed E-state index contributed by atoms with van der Waals surface area (Å²) in [5, 5.41) is 3.96. The lowest BCUT2D eigenvalue weighted by Gasteiger charge is -2.07. The first-order valence-electron chi connectivity index (χ1n) is 8.55. The second kappa shape index (κ2) is 8.31. The van der Waals surface area contributed by atoms with Crippen molar-refractivity contribution in [3.8, 4) is 11.6 Å². The predicted octanol–water partition coefficient (Wildman–Crippen LogP) is 2.74. The maximum absolute atomic E-state index is 12.4. The van der Waals surface area contributed by atoms with Crippen LogP contribution in [0.1, 0.15) is 20.3 Å². The number of hydrogen-bond donors (Lipinski definition) is 1. The Morgan fingerprint density at radius 2 is 2.07 bits per heavy atom. The van der Waals surface area contributed by atoms with E-state index in [0.29, 0.717) is 23.9 Å². The molecule has 140 valence electrons. The van der Waals surface area contributed by atoms with Crippen LogP contribution < -0.4 is 5.43 Å². The molecule has 0 radical (unpaired) electrons. The number of carbonyl (C=O) groups is 2. The van der Waals surface area contributed by atoms with Crippen molar-refractivity contribution in [1.29, 1.82) is 0 Å². The van der Waals surface area contributed by atoms with Crippen molar-refractivity contribution < 1.29 is 18.7 Å². The second-order valence-electron chi connectivity index (χ2n) is 5.85. The molecule has 0 unspecified atom stereocenters. The van der Waals surface area contributed by atoms with Crippen molar-refractivity contribution in [1.82, 2.24) is 15.0 Å². The lowest BCUT2D eigenvalue weighted by Crippen LogP contribution is -2.25. The first kappa shape index (κ1) is 18.4. The Kier molecular flexibility index (Phi) is 5.65. The highest BCUT2D eigenvalue weighted by Crippen LogP contribution is 2.24. The van der Waals surface area contributed by atoms with E-state index in [0.717, 1.165) is 11.0 Å². The number of carbonyl (C=O) groups excluding carboxylic acids is 2. The number of nitrogens with one attached hydrogen (secondary N) is 1. The molecule has 0 saturated heterocycles. The van der Waals surface area contributed by atoms with Gasteiger partial charge in [-0.25, -0.2) is 10.4 Å². The minimum absolute atomic E-state index is 0.00668. The Morgan fingerprint density at radius 3 is 2.81 bits per heavy atom. The molecule has 8 nitrogen and oxygen atoms in total. The molecular weight excluding hydrogens is 348 g/mol. The molecule has 1 N–H and O–H groups in total. The molecule has 0 aliphatic carbocycles. The summed E-state index contributed by atoms with van der Waals surface area (Å²) in [6.45, 7) is 3.70. The molecule has 0 spiro atoms. The van der Waals surface area contributed by atoms with Crippen LogP contribution in [-0.2, 0) is 20.9 Å². The third kappa shape index (κ3) is 4.41. The second-order valence-corrected chi connectivity index (χ2v) is 5.85. The zero-order valence-electron chi connectivity index (χ0n) is 15.1. The van der Waals surface area contributed by atoms with Crippen LogP contribution in [0.3, 0.4) is 0 Å². The summed E-state index contributed by atoms with van der Waals surface area (Å²) < 4.78 is 12.1. The molecule has 1 aromatic carbocycles. The molecule has 1 amide bonds. The van der Waals surface area contributed by atoms with Gasteiger partial charge >= 0.3 is 5.97 Å². The van der Waals surface area contributed by atoms with Gasteiger partial charge in [0.2, 0.25) is 0 Å². The van der Waals surface area contributed by atoms with Gasteiger partial charge in [-0.1, -0.05) is 12.1 Å². The minimum Gasteiger partial charge on any atom is -0.466 e. The molecule has 0 aliphatic heterocycles. The molecule has 0 bridgehead atoms. The van der Waals surface area contributed by atoms with E-state index in [2.05, 4.69) is 15.5 Å². The van der Waals surface area contributed by atoms with E-state index in [4.69, 9.17) is 9.15 Å². The normalized spacial score (nSPS) is 11.6. The molecule has 8 heteroatoms. The van der Waals surface area contributed by atoms with Crippen LogP contribution in [-0.4, -0.2) is 33.7 Å². The molecule has 0 fully saturated rings. The molecule has 0 aliphatic rings. The van der Waals surface area contributed by atoms with Gasteiger partial charge in [0.1, 0.15) is 6.54 Å². The van der Waals surface area contributed by atoms with Gasteiger partial charge in [-0.15, -0.1) is 0 Å². The van der Waals surface area contributed by atoms with Gasteiger partial charge in [0.25, 0.3) is 5.91 Å². The highest BCUT2D eigenvalue weighted by Gasteiger charge is 2.16. The first-order valence-corrected chi connectivity index (χ1v) is 8.55. The van der Waals surface area contributed by atoms with Gasteiger partial charge in [0.15, 0.2) is 11.6 Å². The van der Waals surface area contributed by atoms with Crippen LogP contribution in [0.15, 0.2) is 52.2 Å². The average molecular weight is 368 g/mol. The van der Waals surface area contributed by atoms with Crippen LogP contribution in [0, 0.1) is 0 Å². The number of hydrogen-bond acceptors (Lipinski definition) is 6. The number of benzene rings is 1. The largest absolute Gasteiger partial charge is 0.466 e. The topological polar surface area (TPSA) is 98.7 Å². The van der Waals surface area contributed by atoms with Crippen LogP contribution in [0.2, 0.25) is 0 Å². The van der Waals surface area contributed by atoms with Gasteiger partial charge in [-0.3, -0.25) is 9.59 Å². The van der Waals surface area contributed by atoms with Crippen LogP contribution in [0.4, 0.5) is 0 Å². The Morgan fingerprint density at radius 1 is 1.26 bits per heavy atom. The Bertz CT molecular complexity index is 973. The van der Waals surface area contributed by atoms with Gasteiger partial charge < -0.3 is 13.7 Å². The number of esters is 1.